The third-order valence-corrected chi connectivity index (χ3v) is 29.0. The van der Waals surface area contributed by atoms with Crippen molar-refractivity contribution in [3.8, 4) is 11.8 Å². The molecule has 0 heterocycles. The highest BCUT2D eigenvalue weighted by atomic mass is 32.2. The maximum absolute atomic E-state index is 13.5. The zero-order valence-corrected chi connectivity index (χ0v) is 73.7. The van der Waals surface area contributed by atoms with Crippen LogP contribution < -0.4 is 21.3 Å². The van der Waals surface area contributed by atoms with E-state index >= 15 is 0 Å². The Morgan fingerprint density at radius 1 is 0.387 bits per heavy atom. The number of unbranched alkanes of at least 4 members (excludes halogenated alkanes) is 1. The van der Waals surface area contributed by atoms with Crippen molar-refractivity contribution >= 4 is 114 Å². The van der Waals surface area contributed by atoms with Crippen LogP contribution in [0.5, 0.6) is 0 Å². The van der Waals surface area contributed by atoms with Gasteiger partial charge in [0.25, 0.3) is 0 Å². The smallest absolute Gasteiger partial charge is 0.230 e. The zero-order valence-electron chi connectivity index (χ0n) is 70.4. The Hall–Kier alpha value is -5.60. The van der Waals surface area contributed by atoms with Gasteiger partial charge in [-0.05, 0) is 222 Å². The van der Waals surface area contributed by atoms with E-state index in [4.69, 9.17) is 0 Å². The van der Waals surface area contributed by atoms with Crippen LogP contribution in [0.2, 0.25) is 0 Å². The molecule has 16 heteroatoms. The molecule has 12 nitrogen and oxygen atoms in total. The van der Waals surface area contributed by atoms with Gasteiger partial charge in [0.05, 0.1) is 29.2 Å². The molecule has 5 saturated carbocycles. The molecule has 0 bridgehead atoms. The van der Waals surface area contributed by atoms with Crippen LogP contribution in [0.4, 0.5) is 22.7 Å². The fourth-order valence-corrected chi connectivity index (χ4v) is 20.3. The SMILES string of the molecule is CC#CCC(=O)Sc1ccccc1NC(=O)C1(CC(CC)CC)CCCCC1.CCC(CC)CC1(C(=O)Nc2ccccc2SC(=O)C(C)(C)C)CCCCC1.CCC(CC)CC1(C(=O)Nc2ccccc2SC(=O)C2CC2)CCCCC1.CCCCC(=O)Sc1ccccc1NC(=O)C1(CC(CC)CC)CCCCC1. The van der Waals surface area contributed by atoms with E-state index in [-0.39, 0.29) is 78.1 Å². The number of amides is 4. The van der Waals surface area contributed by atoms with E-state index in [1.54, 1.807) is 6.92 Å². The summed E-state index contributed by atoms with van der Waals surface area (Å²) in [4.78, 5) is 106. The molecular formula is C95H140N4O8S4. The van der Waals surface area contributed by atoms with E-state index in [0.29, 0.717) is 30.1 Å². The predicted molar refractivity (Wildman–Crippen MR) is 470 cm³/mol. The Balaban J connectivity index is 0.000000231. The Kier molecular flexibility index (Phi) is 41.3. The quantitative estimate of drug-likeness (QED) is 0.0262. The number of thioether (sulfide) groups is 4. The van der Waals surface area contributed by atoms with Crippen molar-refractivity contribution in [2.24, 2.45) is 56.7 Å². The number of hydrogen-bond donors (Lipinski definition) is 4. The minimum Gasteiger partial charge on any atom is -0.325 e. The summed E-state index contributed by atoms with van der Waals surface area (Å²) in [6, 6.07) is 30.8. The topological polar surface area (TPSA) is 185 Å². The first-order valence-electron chi connectivity index (χ1n) is 43.2. The lowest BCUT2D eigenvalue weighted by molar-refractivity contribution is -0.129. The number of nitrogens with one attached hydrogen (secondary N) is 4. The van der Waals surface area contributed by atoms with Crippen molar-refractivity contribution in [2.75, 3.05) is 21.3 Å². The highest BCUT2D eigenvalue weighted by Crippen LogP contribution is 2.50. The monoisotopic (exact) mass is 1590 g/mol. The molecule has 111 heavy (non-hydrogen) atoms. The van der Waals surface area contributed by atoms with E-state index in [9.17, 15) is 38.4 Å². The van der Waals surface area contributed by atoms with E-state index in [1.807, 2.05) is 118 Å². The van der Waals surface area contributed by atoms with Crippen LogP contribution in [-0.2, 0) is 38.4 Å². The van der Waals surface area contributed by atoms with Gasteiger partial charge >= 0.3 is 0 Å². The molecule has 5 aliphatic carbocycles. The Morgan fingerprint density at radius 3 is 0.919 bits per heavy atom. The van der Waals surface area contributed by atoms with Crippen LogP contribution in [0.25, 0.3) is 0 Å². The molecule has 9 rings (SSSR count). The molecule has 612 valence electrons. The van der Waals surface area contributed by atoms with Crippen molar-refractivity contribution in [3.05, 3.63) is 97.1 Å². The summed E-state index contributed by atoms with van der Waals surface area (Å²) in [6.07, 6.45) is 39.5. The van der Waals surface area contributed by atoms with Crippen LogP contribution in [0.1, 0.15) is 334 Å². The number of carbonyl (C=O) groups is 8. The predicted octanol–water partition coefficient (Wildman–Crippen LogP) is 27.1. The molecule has 4 amide bonds. The molecule has 0 aromatic heterocycles. The maximum Gasteiger partial charge on any atom is 0.230 e. The molecule has 5 fully saturated rings. The number of hydrogen-bond acceptors (Lipinski definition) is 12. The zero-order chi connectivity index (χ0) is 80.9. The van der Waals surface area contributed by atoms with E-state index < -0.39 is 5.41 Å². The molecule has 0 atom stereocenters. The lowest BCUT2D eigenvalue weighted by Gasteiger charge is -2.38. The lowest BCUT2D eigenvalue weighted by atomic mass is 9.67. The van der Waals surface area contributed by atoms with Gasteiger partial charge in [0, 0.05) is 59.0 Å². The molecule has 0 saturated heterocycles. The van der Waals surface area contributed by atoms with Crippen LogP contribution in [0.15, 0.2) is 117 Å². The van der Waals surface area contributed by atoms with E-state index in [1.165, 1.54) is 61.0 Å². The standard InChI is InChI=1S/2C24H37NO2S.C24H33NO2S.C23H33NO2S/c1-6-18(7-2)17-24(15-11-8-12-16-24)21(26)25-19-13-9-10-14-20(19)28-22(27)23(3,4)5;2*1-4-7-15-22(26)28-21-14-10-9-13-20(21)25-23(27)24(16-11-8-12-17-24)18-19(5-2)6-3;1-3-17(4-2)16-23(14-8-5-9-15-23)22(26)24-19-10-6-7-11-20(19)27-21(25)18-12-13-18/h9-10,13-14,18H,6-8,11-12,15-17H2,1-5H3,(H,25,26);9-10,13-14,19H,4-8,11-12,15-18H2,1-3H3,(H,25,27);9-10,13-14,19H,5-6,8,11-12,15-18H2,1-3H3,(H,25,27);6-7,10-11,17-18H,3-5,8-9,12-16H2,1-2H3,(H,24,26). The van der Waals surface area contributed by atoms with Crippen molar-refractivity contribution in [2.45, 2.75) is 354 Å². The van der Waals surface area contributed by atoms with E-state index in [2.05, 4.69) is 95.4 Å². The number of benzene rings is 4. The molecular weight excluding hydrogens is 1450 g/mol. The highest BCUT2D eigenvalue weighted by molar-refractivity contribution is 8.14. The van der Waals surface area contributed by atoms with Gasteiger partial charge < -0.3 is 21.3 Å². The maximum atomic E-state index is 13.5. The highest BCUT2D eigenvalue weighted by Gasteiger charge is 2.45. The number of anilines is 4. The molecule has 4 aromatic carbocycles. The first kappa shape index (κ1) is 94.3. The first-order valence-corrected chi connectivity index (χ1v) is 46.5. The average Bonchev–Trinajstić information content (AvgIpc) is 0.918. The van der Waals surface area contributed by atoms with Gasteiger partial charge in [0.1, 0.15) is 0 Å². The van der Waals surface area contributed by atoms with Crippen molar-refractivity contribution in [3.63, 3.8) is 0 Å². The van der Waals surface area contributed by atoms with Gasteiger partial charge in [0.2, 0.25) is 28.7 Å². The van der Waals surface area contributed by atoms with Crippen LogP contribution in [0.3, 0.4) is 0 Å². The fraction of sp³-hybridized carbons (Fsp3) is 0.642. The molecule has 0 spiro atoms. The molecule has 5 aliphatic rings. The molecule has 0 radical (unpaired) electrons. The summed E-state index contributed by atoms with van der Waals surface area (Å²) < 4.78 is 0. The number of carbonyl (C=O) groups excluding carboxylic acids is 8. The van der Waals surface area contributed by atoms with Gasteiger partial charge in [-0.3, -0.25) is 38.4 Å². The van der Waals surface area contributed by atoms with Crippen molar-refractivity contribution in [1.82, 2.24) is 0 Å². The second-order valence-electron chi connectivity index (χ2n) is 33.7. The number of para-hydroxylation sites is 4. The Labute approximate surface area is 687 Å². The van der Waals surface area contributed by atoms with Gasteiger partial charge in [0.15, 0.2) is 15.3 Å². The second kappa shape index (κ2) is 48.7. The molecule has 4 N–H and O–H groups in total. The molecule has 4 aromatic rings. The minimum absolute atomic E-state index is 0.000425. The van der Waals surface area contributed by atoms with Crippen LogP contribution in [-0.4, -0.2) is 44.1 Å². The summed E-state index contributed by atoms with van der Waals surface area (Å²) in [6.45, 7) is 27.4. The van der Waals surface area contributed by atoms with Gasteiger partial charge in [-0.1, -0.05) is 272 Å². The largest absolute Gasteiger partial charge is 0.325 e. The second-order valence-corrected chi connectivity index (χ2v) is 38.0. The summed E-state index contributed by atoms with van der Waals surface area (Å²) in [5.41, 5.74) is 1.65. The third-order valence-electron chi connectivity index (χ3n) is 24.6. The van der Waals surface area contributed by atoms with Crippen LogP contribution >= 0.6 is 47.0 Å². The molecule has 0 aliphatic heterocycles. The van der Waals surface area contributed by atoms with E-state index in [0.717, 1.165) is 260 Å². The minimum atomic E-state index is -0.415. The molecule has 0 unspecified atom stereocenters. The summed E-state index contributed by atoms with van der Waals surface area (Å²) in [5.74, 6) is 8.78. The Morgan fingerprint density at radius 2 is 0.658 bits per heavy atom. The lowest BCUT2D eigenvalue weighted by Crippen LogP contribution is -2.39. The van der Waals surface area contributed by atoms with Crippen molar-refractivity contribution < 1.29 is 38.4 Å². The van der Waals surface area contributed by atoms with Gasteiger partial charge in [-0.2, -0.15) is 0 Å². The third kappa shape index (κ3) is 29.9. The summed E-state index contributed by atoms with van der Waals surface area (Å²) in [5, 5.41) is 13.4. The first-order chi connectivity index (χ1) is 53.4. The van der Waals surface area contributed by atoms with Crippen LogP contribution in [0, 0.1) is 68.5 Å². The summed E-state index contributed by atoms with van der Waals surface area (Å²) in [7, 11) is 0. The summed E-state index contributed by atoms with van der Waals surface area (Å²) >= 11 is 4.96. The fourth-order valence-electron chi connectivity index (χ4n) is 16.8. The average molecular weight is 1590 g/mol. The number of rotatable bonds is 33. The normalized spacial score (nSPS) is 16.9. The Bertz CT molecular complexity index is 3620. The van der Waals surface area contributed by atoms with Crippen molar-refractivity contribution in [1.29, 1.82) is 0 Å². The van der Waals surface area contributed by atoms with Gasteiger partial charge in [-0.25, -0.2) is 0 Å². The van der Waals surface area contributed by atoms with Gasteiger partial charge in [-0.15, -0.1) is 5.92 Å².